The van der Waals surface area contributed by atoms with Gasteiger partial charge in [-0.1, -0.05) is 194 Å². The number of hydrogen-bond acceptors (Lipinski definition) is 0. The van der Waals surface area contributed by atoms with Crippen LogP contribution in [-0.2, 0) is 0 Å². The summed E-state index contributed by atoms with van der Waals surface area (Å²) < 4.78 is 9.39. The zero-order valence-electron chi connectivity index (χ0n) is 47.0. The van der Waals surface area contributed by atoms with Crippen molar-refractivity contribution >= 4 is 97.7 Å². The van der Waals surface area contributed by atoms with E-state index in [0.29, 0.717) is 0 Å². The van der Waals surface area contributed by atoms with E-state index in [0.717, 1.165) is 5.69 Å². The fourth-order valence-corrected chi connectivity index (χ4v) is 13.4. The first kappa shape index (κ1) is 49.2. The molecule has 0 spiro atoms. The van der Waals surface area contributed by atoms with Crippen LogP contribution >= 0.6 is 0 Å². The summed E-state index contributed by atoms with van der Waals surface area (Å²) in [5.74, 6) is 0. The Labute approximate surface area is 497 Å². The van der Waals surface area contributed by atoms with E-state index in [1.165, 1.54) is 148 Å². The van der Waals surface area contributed by atoms with Gasteiger partial charge in [-0.2, -0.15) is 0 Å². The Bertz CT molecular complexity index is 5640. The van der Waals surface area contributed by atoms with Crippen molar-refractivity contribution in [3.05, 3.63) is 328 Å². The predicted octanol–water partition coefficient (Wildman–Crippen LogP) is 21.9. The maximum atomic E-state index is 2.42. The van der Waals surface area contributed by atoms with Crippen molar-refractivity contribution in [3.8, 4) is 56.1 Å². The monoisotopic (exact) mass is 1090 g/mol. The molecule has 0 aliphatic heterocycles. The average molecular weight is 1100 g/mol. The van der Waals surface area contributed by atoms with Crippen LogP contribution in [0.5, 0.6) is 0 Å². The van der Waals surface area contributed by atoms with Gasteiger partial charge >= 0.3 is 0 Å². The minimum absolute atomic E-state index is 1.16. The Kier molecular flexibility index (Phi) is 11.5. The zero-order valence-corrected chi connectivity index (χ0v) is 47.0. The summed E-state index contributed by atoms with van der Waals surface area (Å²) in [7, 11) is 0. The van der Waals surface area contributed by atoms with Gasteiger partial charge in [-0.3, -0.25) is 0 Å². The Morgan fingerprint density at radius 3 is 1.27 bits per heavy atom. The van der Waals surface area contributed by atoms with Gasteiger partial charge in [-0.15, -0.1) is 0 Å². The van der Waals surface area contributed by atoms with Crippen LogP contribution in [-0.4, -0.2) is 18.3 Å². The third kappa shape index (κ3) is 8.30. The smallest absolute Gasteiger partial charge is 0.0619 e. The highest BCUT2D eigenvalue weighted by Gasteiger charge is 2.18. The first-order chi connectivity index (χ1) is 42.6. The molecule has 0 unspecified atom stereocenters. The molecule has 0 atom stereocenters. The topological polar surface area (TPSA) is 19.7 Å². The van der Waals surface area contributed by atoms with Crippen molar-refractivity contribution < 1.29 is 0 Å². The first-order valence-electron chi connectivity index (χ1n) is 29.5. The molecule has 4 aromatic heterocycles. The first-order valence-corrected chi connectivity index (χ1v) is 29.5. The van der Waals surface area contributed by atoms with Gasteiger partial charge in [0, 0.05) is 72.8 Å². The van der Waals surface area contributed by atoms with E-state index >= 15 is 0 Å². The molecule has 4 heterocycles. The molecule has 18 aromatic rings. The van der Waals surface area contributed by atoms with Crippen LogP contribution in [0, 0.1) is 0 Å². The fourth-order valence-electron chi connectivity index (χ4n) is 13.4. The zero-order chi connectivity index (χ0) is 56.7. The lowest BCUT2D eigenvalue weighted by atomic mass is 10.0. The van der Waals surface area contributed by atoms with Crippen LogP contribution in [0.4, 0.5) is 0 Å². The molecule has 0 aliphatic rings. The van der Waals surface area contributed by atoms with E-state index in [1.54, 1.807) is 0 Å². The van der Waals surface area contributed by atoms with Crippen molar-refractivity contribution in [3.63, 3.8) is 0 Å². The van der Waals surface area contributed by atoms with Crippen molar-refractivity contribution in [2.75, 3.05) is 0 Å². The van der Waals surface area contributed by atoms with Crippen molar-refractivity contribution in [1.29, 1.82) is 0 Å². The van der Waals surface area contributed by atoms with Gasteiger partial charge in [0.1, 0.15) is 0 Å². The second-order valence-electron chi connectivity index (χ2n) is 22.6. The van der Waals surface area contributed by atoms with E-state index in [2.05, 4.69) is 346 Å². The Balaban J connectivity index is 0.000000135. The normalized spacial score (nSPS) is 11.7. The van der Waals surface area contributed by atoms with Gasteiger partial charge in [-0.25, -0.2) is 0 Å². The molecule has 0 fully saturated rings. The minimum Gasteiger partial charge on any atom is -0.317 e. The molecule has 4 nitrogen and oxygen atoms in total. The molecule has 0 radical (unpaired) electrons. The molecular weight excluding hydrogens is 1040 g/mol. The second-order valence-corrected chi connectivity index (χ2v) is 22.6. The van der Waals surface area contributed by atoms with E-state index < -0.39 is 0 Å². The van der Waals surface area contributed by atoms with Crippen LogP contribution < -0.4 is 0 Å². The lowest BCUT2D eigenvalue weighted by Crippen LogP contribution is -1.94. The number of rotatable bonds is 7. The third-order valence-electron chi connectivity index (χ3n) is 17.6. The van der Waals surface area contributed by atoms with Crippen molar-refractivity contribution in [2.45, 2.75) is 0 Å². The number of benzene rings is 14. The molecular formula is C82H54N4. The van der Waals surface area contributed by atoms with Crippen LogP contribution in [0.1, 0.15) is 0 Å². The van der Waals surface area contributed by atoms with Gasteiger partial charge in [-0.05, 0) is 182 Å². The lowest BCUT2D eigenvalue weighted by molar-refractivity contribution is 1.13. The van der Waals surface area contributed by atoms with Gasteiger partial charge < -0.3 is 18.3 Å². The molecule has 14 aromatic carbocycles. The molecule has 402 valence electrons. The maximum Gasteiger partial charge on any atom is 0.0619 e. The summed E-state index contributed by atoms with van der Waals surface area (Å²) in [5.41, 5.74) is 19.4. The Morgan fingerprint density at radius 1 is 0.174 bits per heavy atom. The minimum atomic E-state index is 1.16. The summed E-state index contributed by atoms with van der Waals surface area (Å²) in [6.07, 6.45) is 4.36. The van der Waals surface area contributed by atoms with Crippen molar-refractivity contribution in [1.82, 2.24) is 18.3 Å². The number of fused-ring (bicyclic) bond motifs is 12. The molecule has 0 saturated carbocycles. The third-order valence-corrected chi connectivity index (χ3v) is 17.6. The van der Waals surface area contributed by atoms with Crippen LogP contribution in [0.3, 0.4) is 0 Å². The molecule has 18 rings (SSSR count). The standard InChI is InChI=1S/C42H28N2.C40H26N2/c1-3-10-29(11-4-1)31-13-9-16-36(27-31)43-25-24-34-26-32(19-22-40(34)43)33-20-23-41-39(28-33)38-21-18-30-12-7-8-17-37(30)42(38)44(41)35-14-5-2-6-15-35;1-2-12-34(13-3-1)42-39-19-16-32(25-36(39)37-24-29-10-6-7-11-30(29)26-40(37)42)31-15-18-38-33(22-31)20-21-41(38)35-17-14-27-8-4-5-9-28(27)23-35/h1-28H;1-26H. The van der Waals surface area contributed by atoms with Gasteiger partial charge in [0.15, 0.2) is 0 Å². The SMILES string of the molecule is c1ccc(-c2cccc(-n3ccc4cc(-c5ccc6c(c5)c5ccc7ccccc7c5n6-c5ccccc5)ccc43)c2)cc1.c1ccc(-n2c3ccc(-c4ccc5c(ccn5-c5ccc6ccccc6c5)c4)cc3c3cc4ccccc4cc32)cc1. The van der Waals surface area contributed by atoms with E-state index in [1.807, 2.05) is 0 Å². The van der Waals surface area contributed by atoms with Crippen LogP contribution in [0.25, 0.3) is 154 Å². The number of nitrogens with zero attached hydrogens (tertiary/aromatic N) is 4. The van der Waals surface area contributed by atoms with E-state index in [4.69, 9.17) is 0 Å². The number of hydrogen-bond donors (Lipinski definition) is 0. The highest BCUT2D eigenvalue weighted by molar-refractivity contribution is 6.19. The quantitative estimate of drug-likeness (QED) is 0.152. The highest BCUT2D eigenvalue weighted by atomic mass is 15.0. The summed E-state index contributed by atoms with van der Waals surface area (Å²) >= 11 is 0. The highest BCUT2D eigenvalue weighted by Crippen LogP contribution is 2.41. The molecule has 0 amide bonds. The second kappa shape index (κ2) is 20.2. The molecule has 0 N–H and O–H groups in total. The molecule has 0 aliphatic carbocycles. The van der Waals surface area contributed by atoms with Gasteiger partial charge in [0.2, 0.25) is 0 Å². The van der Waals surface area contributed by atoms with E-state index in [9.17, 15) is 0 Å². The summed E-state index contributed by atoms with van der Waals surface area (Å²) in [5, 5.41) is 15.1. The average Bonchev–Trinajstić information content (AvgIpc) is 2.27. The Hall–Kier alpha value is -11.5. The molecule has 0 saturated heterocycles. The summed E-state index contributed by atoms with van der Waals surface area (Å²) in [4.78, 5) is 0. The molecule has 4 heteroatoms. The van der Waals surface area contributed by atoms with Gasteiger partial charge in [0.05, 0.1) is 33.1 Å². The van der Waals surface area contributed by atoms with Crippen LogP contribution in [0.15, 0.2) is 328 Å². The number of para-hydroxylation sites is 2. The molecule has 0 bridgehead atoms. The fraction of sp³-hybridized carbons (Fsp3) is 0. The summed E-state index contributed by atoms with van der Waals surface area (Å²) in [6.45, 7) is 0. The Morgan fingerprint density at radius 2 is 0.616 bits per heavy atom. The number of aromatic nitrogens is 4. The lowest BCUT2D eigenvalue weighted by Gasteiger charge is -2.10. The molecule has 86 heavy (non-hydrogen) atoms. The van der Waals surface area contributed by atoms with Crippen LogP contribution in [0.2, 0.25) is 0 Å². The largest absolute Gasteiger partial charge is 0.317 e. The predicted molar refractivity (Wildman–Crippen MR) is 364 cm³/mol. The van der Waals surface area contributed by atoms with Gasteiger partial charge in [0.25, 0.3) is 0 Å². The van der Waals surface area contributed by atoms with E-state index in [-0.39, 0.29) is 0 Å². The maximum absolute atomic E-state index is 2.42. The van der Waals surface area contributed by atoms with Crippen molar-refractivity contribution in [2.24, 2.45) is 0 Å². The summed E-state index contributed by atoms with van der Waals surface area (Å²) in [6, 6.07) is 114.